The number of aliphatic imine (C=N–C) groups is 1. The van der Waals surface area contributed by atoms with E-state index in [0.717, 1.165) is 33.5 Å². The van der Waals surface area contributed by atoms with Gasteiger partial charge in [-0.25, -0.2) is 0 Å². The molecule has 0 saturated carbocycles. The topological polar surface area (TPSA) is 43.1 Å². The third-order valence-corrected chi connectivity index (χ3v) is 4.60. The highest BCUT2D eigenvalue weighted by Crippen LogP contribution is 2.29. The summed E-state index contributed by atoms with van der Waals surface area (Å²) in [7, 11) is 0. The molecular formula is C16H14N4S. The van der Waals surface area contributed by atoms with Crippen molar-refractivity contribution in [2.75, 3.05) is 0 Å². The molecule has 4 nitrogen and oxygen atoms in total. The lowest BCUT2D eigenvalue weighted by molar-refractivity contribution is 0.869. The fourth-order valence-electron chi connectivity index (χ4n) is 2.62. The van der Waals surface area contributed by atoms with Crippen LogP contribution in [0.5, 0.6) is 0 Å². The van der Waals surface area contributed by atoms with Gasteiger partial charge in [-0.05, 0) is 25.3 Å². The maximum Gasteiger partial charge on any atom is 0.160 e. The Kier molecular flexibility index (Phi) is 2.75. The van der Waals surface area contributed by atoms with Crippen LogP contribution in [-0.4, -0.2) is 20.5 Å². The Morgan fingerprint density at radius 1 is 1.05 bits per heavy atom. The van der Waals surface area contributed by atoms with E-state index in [1.807, 2.05) is 6.92 Å². The van der Waals surface area contributed by atoms with Crippen LogP contribution in [-0.2, 0) is 6.54 Å². The van der Waals surface area contributed by atoms with Crippen LogP contribution in [0, 0.1) is 13.8 Å². The van der Waals surface area contributed by atoms with Crippen LogP contribution in [0.15, 0.2) is 40.7 Å². The van der Waals surface area contributed by atoms with E-state index in [1.165, 1.54) is 5.56 Å². The molecule has 0 radical (unpaired) electrons. The molecule has 0 fully saturated rings. The number of aromatic nitrogens is 3. The minimum Gasteiger partial charge on any atom is -0.276 e. The maximum atomic E-state index is 4.79. The molecule has 2 aromatic heterocycles. The summed E-state index contributed by atoms with van der Waals surface area (Å²) in [6.45, 7) is 4.64. The van der Waals surface area contributed by atoms with E-state index in [4.69, 9.17) is 4.99 Å². The minimum absolute atomic E-state index is 0.561. The number of rotatable bonds is 1. The fraction of sp³-hybridized carbons (Fsp3) is 0.188. The molecule has 0 spiro atoms. The zero-order valence-electron chi connectivity index (χ0n) is 11.9. The fourth-order valence-corrected chi connectivity index (χ4v) is 3.59. The SMILES string of the molecule is Cc1ccc(C2=NCc3nnc(C)n3-c3sccc32)cc1. The van der Waals surface area contributed by atoms with Crippen molar-refractivity contribution in [3.05, 3.63) is 64.1 Å². The zero-order valence-corrected chi connectivity index (χ0v) is 12.7. The van der Waals surface area contributed by atoms with Gasteiger partial charge < -0.3 is 0 Å². The minimum atomic E-state index is 0.561. The number of hydrogen-bond donors (Lipinski definition) is 0. The largest absolute Gasteiger partial charge is 0.276 e. The molecule has 0 aliphatic carbocycles. The molecule has 21 heavy (non-hydrogen) atoms. The van der Waals surface area contributed by atoms with Crippen molar-refractivity contribution in [2.24, 2.45) is 4.99 Å². The Balaban J connectivity index is 1.92. The average molecular weight is 294 g/mol. The second-order valence-corrected chi connectivity index (χ2v) is 6.06. The molecule has 3 heterocycles. The number of aryl methyl sites for hydroxylation is 2. The van der Waals surface area contributed by atoms with Crippen LogP contribution in [0.2, 0.25) is 0 Å². The van der Waals surface area contributed by atoms with Crippen molar-refractivity contribution in [3.8, 4) is 5.00 Å². The van der Waals surface area contributed by atoms with E-state index < -0.39 is 0 Å². The Bertz CT molecular complexity index is 840. The molecule has 3 aromatic rings. The van der Waals surface area contributed by atoms with Crippen LogP contribution in [0.3, 0.4) is 0 Å². The maximum absolute atomic E-state index is 4.79. The number of fused-ring (bicyclic) bond motifs is 3. The van der Waals surface area contributed by atoms with Crippen LogP contribution in [0.25, 0.3) is 5.00 Å². The third-order valence-electron chi connectivity index (χ3n) is 3.70. The predicted molar refractivity (Wildman–Crippen MR) is 84.5 cm³/mol. The number of hydrogen-bond acceptors (Lipinski definition) is 4. The van der Waals surface area contributed by atoms with Crippen LogP contribution < -0.4 is 0 Å². The molecule has 0 unspecified atom stereocenters. The molecule has 4 rings (SSSR count). The lowest BCUT2D eigenvalue weighted by Gasteiger charge is -2.07. The second kappa shape index (κ2) is 4.63. The molecule has 104 valence electrons. The van der Waals surface area contributed by atoms with Crippen molar-refractivity contribution in [3.63, 3.8) is 0 Å². The molecule has 0 atom stereocenters. The van der Waals surface area contributed by atoms with Gasteiger partial charge in [0.25, 0.3) is 0 Å². The van der Waals surface area contributed by atoms with E-state index in [1.54, 1.807) is 11.3 Å². The van der Waals surface area contributed by atoms with E-state index in [2.05, 4.69) is 57.4 Å². The molecule has 1 aromatic carbocycles. The highest BCUT2D eigenvalue weighted by molar-refractivity contribution is 7.13. The van der Waals surface area contributed by atoms with E-state index in [0.29, 0.717) is 6.54 Å². The van der Waals surface area contributed by atoms with Gasteiger partial charge in [0.2, 0.25) is 0 Å². The average Bonchev–Trinajstić information content (AvgIpc) is 3.05. The predicted octanol–water partition coefficient (Wildman–Crippen LogP) is 3.30. The van der Waals surface area contributed by atoms with Crippen molar-refractivity contribution >= 4 is 17.0 Å². The molecule has 0 N–H and O–H groups in total. The summed E-state index contributed by atoms with van der Waals surface area (Å²) in [4.78, 5) is 4.79. The smallest absolute Gasteiger partial charge is 0.160 e. The van der Waals surface area contributed by atoms with Gasteiger partial charge in [-0.3, -0.25) is 9.56 Å². The monoisotopic (exact) mass is 294 g/mol. The summed E-state index contributed by atoms with van der Waals surface area (Å²) >= 11 is 1.70. The van der Waals surface area contributed by atoms with Crippen molar-refractivity contribution < 1.29 is 0 Å². The summed E-state index contributed by atoms with van der Waals surface area (Å²) < 4.78 is 2.12. The molecule has 0 amide bonds. The standard InChI is InChI=1S/C16H14N4S/c1-10-3-5-12(6-4-10)15-13-7-8-21-16(13)20-11(2)18-19-14(20)9-17-15/h3-8H,9H2,1-2H3. The Morgan fingerprint density at radius 2 is 1.86 bits per heavy atom. The van der Waals surface area contributed by atoms with Crippen molar-refractivity contribution in [2.45, 2.75) is 20.4 Å². The molecule has 0 bridgehead atoms. The summed E-state index contributed by atoms with van der Waals surface area (Å²) in [5.74, 6) is 1.81. The second-order valence-electron chi connectivity index (χ2n) is 5.17. The van der Waals surface area contributed by atoms with Gasteiger partial charge >= 0.3 is 0 Å². The van der Waals surface area contributed by atoms with E-state index >= 15 is 0 Å². The molecule has 0 saturated heterocycles. The summed E-state index contributed by atoms with van der Waals surface area (Å²) in [5, 5.41) is 11.7. The number of nitrogens with zero attached hydrogens (tertiary/aromatic N) is 4. The normalized spacial score (nSPS) is 13.3. The van der Waals surface area contributed by atoms with E-state index in [9.17, 15) is 0 Å². The Morgan fingerprint density at radius 3 is 2.67 bits per heavy atom. The van der Waals surface area contributed by atoms with Crippen LogP contribution >= 0.6 is 11.3 Å². The van der Waals surface area contributed by atoms with Crippen LogP contribution in [0.4, 0.5) is 0 Å². The lowest BCUT2D eigenvalue weighted by atomic mass is 10.0. The molecule has 5 heteroatoms. The summed E-state index contributed by atoms with van der Waals surface area (Å²) in [5.41, 5.74) is 4.60. The quantitative estimate of drug-likeness (QED) is 0.691. The Hall–Kier alpha value is -2.27. The molecule has 1 aliphatic rings. The third kappa shape index (κ3) is 1.93. The highest BCUT2D eigenvalue weighted by atomic mass is 32.1. The Labute approximate surface area is 126 Å². The lowest BCUT2D eigenvalue weighted by Crippen LogP contribution is -2.05. The first-order valence-electron chi connectivity index (χ1n) is 6.84. The first-order valence-corrected chi connectivity index (χ1v) is 7.72. The van der Waals surface area contributed by atoms with Crippen molar-refractivity contribution in [1.82, 2.24) is 14.8 Å². The van der Waals surface area contributed by atoms with E-state index in [-0.39, 0.29) is 0 Å². The summed E-state index contributed by atoms with van der Waals surface area (Å²) in [6.07, 6.45) is 0. The van der Waals surface area contributed by atoms with Crippen molar-refractivity contribution in [1.29, 1.82) is 0 Å². The van der Waals surface area contributed by atoms with Gasteiger partial charge in [-0.15, -0.1) is 21.5 Å². The highest BCUT2D eigenvalue weighted by Gasteiger charge is 2.22. The van der Waals surface area contributed by atoms with Crippen LogP contribution in [0.1, 0.15) is 28.3 Å². The van der Waals surface area contributed by atoms with Gasteiger partial charge in [-0.1, -0.05) is 29.8 Å². The van der Waals surface area contributed by atoms with Gasteiger partial charge in [0.05, 0.1) is 5.71 Å². The zero-order chi connectivity index (χ0) is 14.4. The van der Waals surface area contributed by atoms with Gasteiger partial charge in [-0.2, -0.15) is 0 Å². The molecule has 1 aliphatic heterocycles. The number of thiophene rings is 1. The first kappa shape index (κ1) is 12.5. The van der Waals surface area contributed by atoms with Gasteiger partial charge in [0.15, 0.2) is 5.82 Å². The van der Waals surface area contributed by atoms with Gasteiger partial charge in [0, 0.05) is 11.1 Å². The number of benzene rings is 1. The first-order chi connectivity index (χ1) is 10.2. The summed E-state index contributed by atoms with van der Waals surface area (Å²) in [6, 6.07) is 10.6. The van der Waals surface area contributed by atoms with Gasteiger partial charge in [0.1, 0.15) is 17.4 Å². The molecular weight excluding hydrogens is 280 g/mol.